The van der Waals surface area contributed by atoms with Crippen molar-refractivity contribution in [3.05, 3.63) is 79.1 Å². The van der Waals surface area contributed by atoms with Gasteiger partial charge in [0.15, 0.2) is 0 Å². The Hall–Kier alpha value is -3.41. The maximum atomic E-state index is 12.2. The van der Waals surface area contributed by atoms with Gasteiger partial charge in [0.1, 0.15) is 12.4 Å². The predicted octanol–water partition coefficient (Wildman–Crippen LogP) is 3.10. The van der Waals surface area contributed by atoms with Crippen LogP contribution in [0, 0.1) is 0 Å². The quantitative estimate of drug-likeness (QED) is 0.604. The average molecular weight is 345 g/mol. The molecule has 0 aliphatic rings. The Balaban J connectivity index is 1.44. The van der Waals surface area contributed by atoms with Crippen LogP contribution in [0.4, 0.5) is 0 Å². The van der Waals surface area contributed by atoms with Crippen LogP contribution >= 0.6 is 0 Å². The van der Waals surface area contributed by atoms with Crippen LogP contribution in [0.2, 0.25) is 0 Å². The van der Waals surface area contributed by atoms with Crippen LogP contribution in [0.5, 0.6) is 0 Å². The van der Waals surface area contributed by atoms with Gasteiger partial charge in [0.25, 0.3) is 0 Å². The zero-order valence-electron chi connectivity index (χ0n) is 14.4. The van der Waals surface area contributed by atoms with E-state index in [4.69, 9.17) is 0 Å². The number of nitrogens with one attached hydrogen (secondary N) is 1. The van der Waals surface area contributed by atoms with E-state index < -0.39 is 0 Å². The highest BCUT2D eigenvalue weighted by Crippen LogP contribution is 2.18. The SMILES string of the molecule is C[C@@H](C(=O)NCc1ccc(-n2cnc3ccccc32)cc1)n1ccnc1. The Bertz CT molecular complexity index is 1020. The van der Waals surface area contributed by atoms with Crippen LogP contribution in [-0.4, -0.2) is 25.0 Å². The molecule has 4 aromatic rings. The third kappa shape index (κ3) is 3.09. The van der Waals surface area contributed by atoms with Gasteiger partial charge in [-0.3, -0.25) is 9.36 Å². The van der Waals surface area contributed by atoms with E-state index in [1.54, 1.807) is 23.3 Å². The fourth-order valence-electron chi connectivity index (χ4n) is 2.91. The maximum Gasteiger partial charge on any atom is 0.243 e. The van der Waals surface area contributed by atoms with E-state index in [2.05, 4.69) is 19.9 Å². The minimum atomic E-state index is -0.283. The van der Waals surface area contributed by atoms with Crippen molar-refractivity contribution >= 4 is 16.9 Å². The molecule has 0 radical (unpaired) electrons. The molecule has 6 heteroatoms. The topological polar surface area (TPSA) is 64.7 Å². The van der Waals surface area contributed by atoms with E-state index in [0.717, 1.165) is 22.3 Å². The van der Waals surface area contributed by atoms with E-state index in [1.165, 1.54) is 0 Å². The van der Waals surface area contributed by atoms with Crippen molar-refractivity contribution in [2.24, 2.45) is 0 Å². The molecule has 4 rings (SSSR count). The van der Waals surface area contributed by atoms with Crippen molar-refractivity contribution in [3.8, 4) is 5.69 Å². The number of hydrogen-bond donors (Lipinski definition) is 1. The molecule has 2 aromatic carbocycles. The van der Waals surface area contributed by atoms with Crippen LogP contribution in [0.25, 0.3) is 16.7 Å². The molecule has 26 heavy (non-hydrogen) atoms. The van der Waals surface area contributed by atoms with Crippen molar-refractivity contribution in [3.63, 3.8) is 0 Å². The number of hydrogen-bond acceptors (Lipinski definition) is 3. The monoisotopic (exact) mass is 345 g/mol. The first-order chi connectivity index (χ1) is 12.7. The molecule has 0 unspecified atom stereocenters. The number of carbonyl (C=O) groups is 1. The Labute approximate surface area is 151 Å². The number of carbonyl (C=O) groups excluding carboxylic acids is 1. The molecule has 2 heterocycles. The van der Waals surface area contributed by atoms with Gasteiger partial charge < -0.3 is 9.88 Å². The fraction of sp³-hybridized carbons (Fsp3) is 0.150. The molecule has 0 fully saturated rings. The van der Waals surface area contributed by atoms with Crippen LogP contribution in [0.15, 0.2) is 73.6 Å². The van der Waals surface area contributed by atoms with Crippen molar-refractivity contribution in [1.82, 2.24) is 24.4 Å². The summed E-state index contributed by atoms with van der Waals surface area (Å²) in [7, 11) is 0. The number of fused-ring (bicyclic) bond motifs is 1. The Kier molecular flexibility index (Phi) is 4.23. The third-order valence-electron chi connectivity index (χ3n) is 4.49. The lowest BCUT2D eigenvalue weighted by atomic mass is 10.2. The average Bonchev–Trinajstić information content (AvgIpc) is 3.36. The molecule has 0 aliphatic carbocycles. The van der Waals surface area contributed by atoms with Crippen molar-refractivity contribution in [2.75, 3.05) is 0 Å². The van der Waals surface area contributed by atoms with Crippen molar-refractivity contribution in [1.29, 1.82) is 0 Å². The summed E-state index contributed by atoms with van der Waals surface area (Å²) in [5.41, 5.74) is 4.13. The minimum absolute atomic E-state index is 0.0346. The number of amides is 1. The lowest BCUT2D eigenvalue weighted by molar-refractivity contribution is -0.124. The first-order valence-electron chi connectivity index (χ1n) is 8.49. The summed E-state index contributed by atoms with van der Waals surface area (Å²) in [6.07, 6.45) is 6.93. The Morgan fingerprint density at radius 2 is 1.92 bits per heavy atom. The van der Waals surface area contributed by atoms with Crippen LogP contribution in [0.3, 0.4) is 0 Å². The third-order valence-corrected chi connectivity index (χ3v) is 4.49. The van der Waals surface area contributed by atoms with Crippen molar-refractivity contribution in [2.45, 2.75) is 19.5 Å². The summed E-state index contributed by atoms with van der Waals surface area (Å²) in [5, 5.41) is 2.96. The normalized spacial score (nSPS) is 12.2. The smallest absolute Gasteiger partial charge is 0.243 e. The predicted molar refractivity (Wildman–Crippen MR) is 99.9 cm³/mol. The van der Waals surface area contributed by atoms with Gasteiger partial charge in [0, 0.05) is 24.6 Å². The molecule has 0 saturated heterocycles. The lowest BCUT2D eigenvalue weighted by Gasteiger charge is -2.13. The van der Waals surface area contributed by atoms with Gasteiger partial charge >= 0.3 is 0 Å². The number of aromatic nitrogens is 4. The zero-order chi connectivity index (χ0) is 17.9. The fourth-order valence-corrected chi connectivity index (χ4v) is 2.91. The largest absolute Gasteiger partial charge is 0.350 e. The second-order valence-electron chi connectivity index (χ2n) is 6.17. The molecule has 0 bridgehead atoms. The zero-order valence-corrected chi connectivity index (χ0v) is 14.4. The van der Waals surface area contributed by atoms with Crippen LogP contribution in [0.1, 0.15) is 18.5 Å². The summed E-state index contributed by atoms with van der Waals surface area (Å²) in [4.78, 5) is 20.6. The molecular weight excluding hydrogens is 326 g/mol. The Morgan fingerprint density at radius 3 is 2.69 bits per heavy atom. The van der Waals surface area contributed by atoms with Gasteiger partial charge in [-0.1, -0.05) is 24.3 Å². The molecule has 130 valence electrons. The van der Waals surface area contributed by atoms with Gasteiger partial charge in [-0.15, -0.1) is 0 Å². The first-order valence-corrected chi connectivity index (χ1v) is 8.49. The highest BCUT2D eigenvalue weighted by Gasteiger charge is 2.13. The molecule has 0 aliphatic heterocycles. The standard InChI is InChI=1S/C20H19N5O/c1-15(24-11-10-21-13-24)20(26)22-12-16-6-8-17(9-7-16)25-14-23-18-4-2-3-5-19(18)25/h2-11,13-15H,12H2,1H3,(H,22,26)/t15-/m0/s1. The molecule has 1 atom stereocenters. The highest BCUT2D eigenvalue weighted by molar-refractivity contribution is 5.80. The first kappa shape index (κ1) is 16.1. The van der Waals surface area contributed by atoms with Crippen LogP contribution < -0.4 is 5.32 Å². The molecular formula is C20H19N5O. The molecule has 0 spiro atoms. The van der Waals surface area contributed by atoms with Gasteiger partial charge in [0.05, 0.1) is 17.4 Å². The summed E-state index contributed by atoms with van der Waals surface area (Å²) in [6, 6.07) is 15.9. The summed E-state index contributed by atoms with van der Waals surface area (Å²) >= 11 is 0. The summed E-state index contributed by atoms with van der Waals surface area (Å²) in [5.74, 6) is -0.0346. The second kappa shape index (κ2) is 6.84. The molecule has 1 amide bonds. The van der Waals surface area contributed by atoms with Gasteiger partial charge in [0.2, 0.25) is 5.91 Å². The second-order valence-corrected chi connectivity index (χ2v) is 6.17. The van der Waals surface area contributed by atoms with E-state index in [0.29, 0.717) is 6.54 Å². The van der Waals surface area contributed by atoms with E-state index in [-0.39, 0.29) is 11.9 Å². The number of para-hydroxylation sites is 2. The van der Waals surface area contributed by atoms with E-state index in [1.807, 2.05) is 61.8 Å². The summed E-state index contributed by atoms with van der Waals surface area (Å²) in [6.45, 7) is 2.34. The Morgan fingerprint density at radius 1 is 1.12 bits per heavy atom. The number of benzene rings is 2. The van der Waals surface area contributed by atoms with Gasteiger partial charge in [-0.05, 0) is 36.8 Å². The molecule has 6 nitrogen and oxygen atoms in total. The highest BCUT2D eigenvalue weighted by atomic mass is 16.2. The molecule has 0 saturated carbocycles. The van der Waals surface area contributed by atoms with Gasteiger partial charge in [-0.25, -0.2) is 9.97 Å². The summed E-state index contributed by atoms with van der Waals surface area (Å²) < 4.78 is 3.83. The maximum absolute atomic E-state index is 12.2. The number of imidazole rings is 2. The molecule has 2 aromatic heterocycles. The van der Waals surface area contributed by atoms with Gasteiger partial charge in [-0.2, -0.15) is 0 Å². The minimum Gasteiger partial charge on any atom is -0.350 e. The van der Waals surface area contributed by atoms with E-state index >= 15 is 0 Å². The lowest BCUT2D eigenvalue weighted by Crippen LogP contribution is -2.30. The number of nitrogens with zero attached hydrogens (tertiary/aromatic N) is 4. The van der Waals surface area contributed by atoms with Crippen LogP contribution in [-0.2, 0) is 11.3 Å². The number of rotatable bonds is 5. The van der Waals surface area contributed by atoms with E-state index in [9.17, 15) is 4.79 Å². The van der Waals surface area contributed by atoms with Crippen molar-refractivity contribution < 1.29 is 4.79 Å². The molecule has 1 N–H and O–H groups in total.